The lowest BCUT2D eigenvalue weighted by Gasteiger charge is -2.35. The van der Waals surface area contributed by atoms with Gasteiger partial charge in [0.25, 0.3) is 0 Å². The summed E-state index contributed by atoms with van der Waals surface area (Å²) in [6.07, 6.45) is 4.41. The molecule has 174 valence electrons. The van der Waals surface area contributed by atoms with E-state index in [1.807, 2.05) is 23.8 Å². The van der Waals surface area contributed by atoms with Crippen molar-refractivity contribution in [3.05, 3.63) is 53.9 Å². The largest absolute Gasteiger partial charge is 0.489 e. The third-order valence-electron chi connectivity index (χ3n) is 6.22. The van der Waals surface area contributed by atoms with E-state index in [4.69, 9.17) is 14.2 Å². The van der Waals surface area contributed by atoms with Crippen LogP contribution in [0.25, 0.3) is 0 Å². The van der Waals surface area contributed by atoms with E-state index in [1.165, 1.54) is 0 Å². The number of aryl methyl sites for hydroxylation is 1. The van der Waals surface area contributed by atoms with Gasteiger partial charge in [-0.3, -0.25) is 4.98 Å². The van der Waals surface area contributed by atoms with E-state index in [0.29, 0.717) is 38.4 Å². The molecule has 2 unspecified atom stereocenters. The summed E-state index contributed by atoms with van der Waals surface area (Å²) in [6.45, 7) is 3.19. The Morgan fingerprint density at radius 1 is 1.19 bits per heavy atom. The highest BCUT2D eigenvalue weighted by Crippen LogP contribution is 2.46. The maximum Gasteiger partial charge on any atom is 0.186 e. The first-order valence-electron chi connectivity index (χ1n) is 11.0. The molecule has 9 heteroatoms. The average Bonchev–Trinajstić information content (AvgIpc) is 3.63. The van der Waals surface area contributed by atoms with E-state index in [1.54, 1.807) is 24.3 Å². The van der Waals surface area contributed by atoms with Crippen LogP contribution in [0.15, 0.2) is 47.5 Å². The molecule has 0 saturated carbocycles. The molecule has 2 saturated heterocycles. The van der Waals surface area contributed by atoms with Gasteiger partial charge in [-0.15, -0.1) is 0 Å². The number of unbranched alkanes of at least 4 members (excludes halogenated alkanes) is 1. The Labute approximate surface area is 188 Å². The predicted molar refractivity (Wildman–Crippen MR) is 117 cm³/mol. The number of aromatic nitrogens is 1. The fourth-order valence-corrected chi connectivity index (χ4v) is 6.35. The number of pyridine rings is 1. The molecule has 2 aromatic rings. The average molecular weight is 463 g/mol. The summed E-state index contributed by atoms with van der Waals surface area (Å²) in [5.41, 5.74) is 4.07. The molecule has 0 radical (unpaired) electrons. The Morgan fingerprint density at radius 3 is 2.53 bits per heavy atom. The SMILES string of the molecule is CCCCc1ccc(COc2ccc(S(=O)(=O)C3(C4OC4NO)CCOCC3)cc2)cn1. The number of hydroxylamine groups is 1. The van der Waals surface area contributed by atoms with E-state index in [2.05, 4.69) is 11.9 Å². The fraction of sp³-hybridized carbons (Fsp3) is 0.522. The van der Waals surface area contributed by atoms with Crippen molar-refractivity contribution in [1.29, 1.82) is 0 Å². The fourth-order valence-electron chi connectivity index (χ4n) is 4.20. The Kier molecular flexibility index (Phi) is 7.11. The summed E-state index contributed by atoms with van der Waals surface area (Å²) in [5, 5.41) is 9.18. The molecule has 2 fully saturated rings. The van der Waals surface area contributed by atoms with Crippen LogP contribution in [-0.2, 0) is 32.3 Å². The Bertz CT molecular complexity index is 988. The zero-order valence-electron chi connectivity index (χ0n) is 18.2. The van der Waals surface area contributed by atoms with Crippen LogP contribution in [0.2, 0.25) is 0 Å². The lowest BCUT2D eigenvalue weighted by Crippen LogP contribution is -2.50. The quantitative estimate of drug-likeness (QED) is 0.410. The van der Waals surface area contributed by atoms with Crippen molar-refractivity contribution in [2.75, 3.05) is 13.2 Å². The summed E-state index contributed by atoms with van der Waals surface area (Å²) < 4.78 is 42.6. The Balaban J connectivity index is 1.43. The van der Waals surface area contributed by atoms with Crippen molar-refractivity contribution in [3.8, 4) is 5.75 Å². The first kappa shape index (κ1) is 23.1. The third kappa shape index (κ3) is 4.67. The van der Waals surface area contributed by atoms with Crippen LogP contribution < -0.4 is 10.2 Å². The molecule has 2 N–H and O–H groups in total. The van der Waals surface area contributed by atoms with Gasteiger partial charge >= 0.3 is 0 Å². The third-order valence-corrected chi connectivity index (χ3v) is 8.83. The number of nitrogens with one attached hydrogen (secondary N) is 1. The minimum atomic E-state index is -3.72. The van der Waals surface area contributed by atoms with E-state index in [0.717, 1.165) is 30.5 Å². The minimum Gasteiger partial charge on any atom is -0.489 e. The smallest absolute Gasteiger partial charge is 0.186 e. The van der Waals surface area contributed by atoms with E-state index in [9.17, 15) is 13.6 Å². The number of nitrogens with zero attached hydrogens (tertiary/aromatic N) is 1. The molecule has 2 atom stereocenters. The Morgan fingerprint density at radius 2 is 1.94 bits per heavy atom. The van der Waals surface area contributed by atoms with Gasteiger partial charge < -0.3 is 19.4 Å². The van der Waals surface area contributed by atoms with Crippen molar-refractivity contribution in [2.45, 2.75) is 67.6 Å². The van der Waals surface area contributed by atoms with Crippen LogP contribution >= 0.6 is 0 Å². The number of hydrogen-bond acceptors (Lipinski definition) is 8. The van der Waals surface area contributed by atoms with Crippen LogP contribution in [0, 0.1) is 0 Å². The van der Waals surface area contributed by atoms with Gasteiger partial charge in [0.05, 0.1) is 4.90 Å². The minimum absolute atomic E-state index is 0.209. The maximum absolute atomic E-state index is 13.6. The Hall–Kier alpha value is -2.04. The van der Waals surface area contributed by atoms with Crippen LogP contribution in [0.4, 0.5) is 0 Å². The van der Waals surface area contributed by atoms with Crippen molar-refractivity contribution in [3.63, 3.8) is 0 Å². The molecule has 32 heavy (non-hydrogen) atoms. The van der Waals surface area contributed by atoms with Crippen molar-refractivity contribution >= 4 is 9.84 Å². The van der Waals surface area contributed by atoms with Crippen LogP contribution in [-0.4, -0.2) is 48.9 Å². The van der Waals surface area contributed by atoms with Gasteiger partial charge in [0.15, 0.2) is 16.1 Å². The lowest BCUT2D eigenvalue weighted by molar-refractivity contribution is 0.0663. The maximum atomic E-state index is 13.6. The van der Waals surface area contributed by atoms with Gasteiger partial charge in [0.2, 0.25) is 0 Å². The molecule has 0 amide bonds. The topological polar surface area (TPSA) is 110 Å². The zero-order valence-corrected chi connectivity index (χ0v) is 19.0. The summed E-state index contributed by atoms with van der Waals surface area (Å²) >= 11 is 0. The molecular weight excluding hydrogens is 432 g/mol. The van der Waals surface area contributed by atoms with Gasteiger partial charge in [0, 0.05) is 30.7 Å². The second kappa shape index (κ2) is 9.84. The first-order valence-corrected chi connectivity index (χ1v) is 12.5. The molecule has 4 rings (SSSR count). The number of ether oxygens (including phenoxy) is 3. The standard InChI is InChI=1S/C23H30N2O6S/c1-2-3-4-18-6-5-17(15-24-18)16-30-19-7-9-20(10-8-19)32(27,28)23(11-13-29-14-12-23)21-22(25-26)31-21/h5-10,15,21-22,25-26H,2-4,11-14,16H2,1H3. The molecule has 2 aliphatic heterocycles. The second-order valence-electron chi connectivity index (χ2n) is 8.31. The molecule has 0 aliphatic carbocycles. The summed E-state index contributed by atoms with van der Waals surface area (Å²) in [6, 6.07) is 10.5. The highest BCUT2D eigenvalue weighted by molar-refractivity contribution is 7.93. The van der Waals surface area contributed by atoms with Crippen LogP contribution in [0.1, 0.15) is 43.9 Å². The second-order valence-corrected chi connectivity index (χ2v) is 10.6. The van der Waals surface area contributed by atoms with Crippen molar-refractivity contribution in [2.24, 2.45) is 0 Å². The van der Waals surface area contributed by atoms with E-state index in [-0.39, 0.29) is 4.90 Å². The normalized spacial score (nSPS) is 22.4. The molecule has 8 nitrogen and oxygen atoms in total. The highest BCUT2D eigenvalue weighted by atomic mass is 32.2. The van der Waals surface area contributed by atoms with Crippen LogP contribution in [0.5, 0.6) is 5.75 Å². The number of sulfone groups is 1. The number of hydrogen-bond donors (Lipinski definition) is 2. The van der Waals surface area contributed by atoms with Gasteiger partial charge in [-0.05, 0) is 56.0 Å². The zero-order chi connectivity index (χ0) is 22.6. The molecule has 1 aromatic carbocycles. The van der Waals surface area contributed by atoms with Gasteiger partial charge in [-0.2, -0.15) is 5.48 Å². The number of epoxide rings is 1. The molecular formula is C23H30N2O6S. The first-order chi connectivity index (χ1) is 15.5. The van der Waals surface area contributed by atoms with Crippen LogP contribution in [0.3, 0.4) is 0 Å². The molecule has 2 aliphatic rings. The summed E-state index contributed by atoms with van der Waals surface area (Å²) in [4.78, 5) is 4.67. The predicted octanol–water partition coefficient (Wildman–Crippen LogP) is 3.03. The van der Waals surface area contributed by atoms with Gasteiger partial charge in [-0.25, -0.2) is 8.42 Å². The lowest BCUT2D eigenvalue weighted by atomic mass is 9.95. The van der Waals surface area contributed by atoms with Crippen molar-refractivity contribution in [1.82, 2.24) is 10.5 Å². The van der Waals surface area contributed by atoms with Gasteiger partial charge in [-0.1, -0.05) is 19.4 Å². The summed E-state index contributed by atoms with van der Waals surface area (Å²) in [5.74, 6) is 0.581. The van der Waals surface area contributed by atoms with Crippen molar-refractivity contribution < 1.29 is 27.8 Å². The summed E-state index contributed by atoms with van der Waals surface area (Å²) in [7, 11) is -3.72. The molecule has 3 heterocycles. The van der Waals surface area contributed by atoms with Gasteiger partial charge in [0.1, 0.15) is 23.2 Å². The highest BCUT2D eigenvalue weighted by Gasteiger charge is 2.62. The monoisotopic (exact) mass is 462 g/mol. The molecule has 0 spiro atoms. The van der Waals surface area contributed by atoms with E-state index >= 15 is 0 Å². The van der Waals surface area contributed by atoms with E-state index < -0.39 is 26.9 Å². The molecule has 1 aromatic heterocycles. The number of benzene rings is 1. The molecule has 0 bridgehead atoms. The number of rotatable bonds is 10.